The maximum Gasteiger partial charge on any atom is 0.272 e. The summed E-state index contributed by atoms with van der Waals surface area (Å²) < 4.78 is 0. The molecule has 1 atom stereocenters. The van der Waals surface area contributed by atoms with Gasteiger partial charge in [-0.3, -0.25) is 10.1 Å². The summed E-state index contributed by atoms with van der Waals surface area (Å²) in [6, 6.07) is 5.87. The van der Waals surface area contributed by atoms with Crippen molar-refractivity contribution < 1.29 is 4.92 Å². The normalized spacial score (nSPS) is 12.7. The Hall–Kier alpha value is -1.42. The maximum absolute atomic E-state index is 10.9. The quantitative estimate of drug-likeness (QED) is 0.621. The molecule has 1 aromatic carbocycles. The molecule has 0 spiro atoms. The lowest BCUT2D eigenvalue weighted by Crippen LogP contribution is -2.32. The molecule has 0 bridgehead atoms. The van der Waals surface area contributed by atoms with Crippen LogP contribution in [0.4, 0.5) is 5.69 Å². The Kier molecular flexibility index (Phi) is 5.28. The van der Waals surface area contributed by atoms with E-state index in [9.17, 15) is 10.1 Å². The van der Waals surface area contributed by atoms with Crippen molar-refractivity contribution in [1.29, 1.82) is 0 Å². The Morgan fingerprint density at radius 3 is 2.56 bits per heavy atom. The molecule has 0 fully saturated rings. The van der Waals surface area contributed by atoms with Crippen LogP contribution in [0.3, 0.4) is 0 Å². The largest absolute Gasteiger partial charge is 0.310 e. The average molecular weight is 250 g/mol. The van der Waals surface area contributed by atoms with Crippen molar-refractivity contribution in [3.8, 4) is 0 Å². The van der Waals surface area contributed by atoms with E-state index in [0.717, 1.165) is 12.0 Å². The highest BCUT2D eigenvalue weighted by Crippen LogP contribution is 2.19. The molecular formula is C14H22N2O2. The summed E-state index contributed by atoms with van der Waals surface area (Å²) in [6.45, 7) is 8.95. The van der Waals surface area contributed by atoms with Crippen LogP contribution in [0, 0.1) is 23.0 Å². The van der Waals surface area contributed by atoms with Gasteiger partial charge in [0.25, 0.3) is 5.69 Å². The Labute approximate surface area is 109 Å². The zero-order chi connectivity index (χ0) is 13.7. The van der Waals surface area contributed by atoms with E-state index in [0.29, 0.717) is 24.1 Å². The van der Waals surface area contributed by atoms with Gasteiger partial charge in [-0.15, -0.1) is 0 Å². The molecule has 18 heavy (non-hydrogen) atoms. The molecule has 1 rings (SSSR count). The molecule has 0 radical (unpaired) electrons. The molecule has 0 aliphatic heterocycles. The number of nitro benzene ring substituents is 1. The summed E-state index contributed by atoms with van der Waals surface area (Å²) in [7, 11) is 0. The summed E-state index contributed by atoms with van der Waals surface area (Å²) >= 11 is 0. The molecule has 0 aliphatic rings. The van der Waals surface area contributed by atoms with Crippen LogP contribution < -0.4 is 5.32 Å². The number of rotatable bonds is 6. The van der Waals surface area contributed by atoms with E-state index < -0.39 is 0 Å². The summed E-state index contributed by atoms with van der Waals surface area (Å²) in [5.74, 6) is 0.565. The van der Waals surface area contributed by atoms with Crippen LogP contribution >= 0.6 is 0 Å². The molecule has 4 nitrogen and oxygen atoms in total. The number of nitrogens with one attached hydrogen (secondary N) is 1. The molecule has 1 aromatic rings. The van der Waals surface area contributed by atoms with Gasteiger partial charge >= 0.3 is 0 Å². The molecular weight excluding hydrogens is 228 g/mol. The molecule has 0 saturated heterocycles. The first kappa shape index (κ1) is 14.6. The highest BCUT2D eigenvalue weighted by atomic mass is 16.6. The second kappa shape index (κ2) is 6.50. The SMILES string of the molecule is CCC(NCc1ccc(C)c([N+](=O)[O-])c1)C(C)C. The first-order valence-corrected chi connectivity index (χ1v) is 6.43. The van der Waals surface area contributed by atoms with Crippen molar-refractivity contribution in [1.82, 2.24) is 5.32 Å². The lowest BCUT2D eigenvalue weighted by molar-refractivity contribution is -0.385. The average Bonchev–Trinajstić information content (AvgIpc) is 2.31. The zero-order valence-corrected chi connectivity index (χ0v) is 11.6. The van der Waals surface area contributed by atoms with E-state index in [-0.39, 0.29) is 10.6 Å². The summed E-state index contributed by atoms with van der Waals surface area (Å²) in [4.78, 5) is 10.5. The van der Waals surface area contributed by atoms with Crippen LogP contribution in [0.5, 0.6) is 0 Å². The minimum atomic E-state index is -0.321. The lowest BCUT2D eigenvalue weighted by atomic mass is 10.0. The Morgan fingerprint density at radius 1 is 1.39 bits per heavy atom. The highest BCUT2D eigenvalue weighted by Gasteiger charge is 2.13. The van der Waals surface area contributed by atoms with Gasteiger partial charge in [0, 0.05) is 24.2 Å². The smallest absolute Gasteiger partial charge is 0.272 e. The maximum atomic E-state index is 10.9. The Bertz CT molecular complexity index is 416. The molecule has 1 unspecified atom stereocenters. The van der Waals surface area contributed by atoms with Crippen molar-refractivity contribution in [2.75, 3.05) is 0 Å². The van der Waals surface area contributed by atoms with Gasteiger partial charge in [0.05, 0.1) is 4.92 Å². The Morgan fingerprint density at radius 2 is 2.06 bits per heavy atom. The van der Waals surface area contributed by atoms with Crippen LogP contribution in [-0.4, -0.2) is 11.0 Å². The molecule has 0 aromatic heterocycles. The van der Waals surface area contributed by atoms with E-state index in [1.54, 1.807) is 13.0 Å². The van der Waals surface area contributed by atoms with Gasteiger partial charge in [-0.2, -0.15) is 0 Å². The van der Waals surface area contributed by atoms with Crippen LogP contribution in [0.25, 0.3) is 0 Å². The van der Waals surface area contributed by atoms with E-state index in [4.69, 9.17) is 0 Å². The third-order valence-corrected chi connectivity index (χ3v) is 3.28. The number of hydrogen-bond donors (Lipinski definition) is 1. The first-order valence-electron chi connectivity index (χ1n) is 6.43. The standard InChI is InChI=1S/C14H22N2O2/c1-5-13(10(2)3)15-9-12-7-6-11(4)14(8-12)16(17)18/h6-8,10,13,15H,5,9H2,1-4H3. The number of nitrogens with zero attached hydrogens (tertiary/aromatic N) is 1. The molecule has 0 amide bonds. The van der Waals surface area contributed by atoms with Gasteiger partial charge in [-0.05, 0) is 24.8 Å². The molecule has 1 N–H and O–H groups in total. The highest BCUT2D eigenvalue weighted by molar-refractivity contribution is 5.42. The second-order valence-electron chi connectivity index (χ2n) is 5.02. The van der Waals surface area contributed by atoms with Crippen LogP contribution in [0.2, 0.25) is 0 Å². The van der Waals surface area contributed by atoms with Gasteiger partial charge in [0.1, 0.15) is 0 Å². The summed E-state index contributed by atoms with van der Waals surface area (Å²) in [5, 5.41) is 14.3. The second-order valence-corrected chi connectivity index (χ2v) is 5.02. The minimum absolute atomic E-state index is 0.201. The Balaban J connectivity index is 2.74. The topological polar surface area (TPSA) is 55.2 Å². The van der Waals surface area contributed by atoms with Crippen molar-refractivity contribution >= 4 is 5.69 Å². The van der Waals surface area contributed by atoms with Crippen LogP contribution in [0.1, 0.15) is 38.3 Å². The summed E-state index contributed by atoms with van der Waals surface area (Å²) in [6.07, 6.45) is 1.06. The van der Waals surface area contributed by atoms with E-state index in [1.807, 2.05) is 12.1 Å². The fourth-order valence-corrected chi connectivity index (χ4v) is 2.06. The van der Waals surface area contributed by atoms with Gasteiger partial charge in [0.15, 0.2) is 0 Å². The van der Waals surface area contributed by atoms with Crippen molar-refractivity contribution in [3.05, 3.63) is 39.4 Å². The predicted molar refractivity (Wildman–Crippen MR) is 73.6 cm³/mol. The van der Waals surface area contributed by atoms with E-state index >= 15 is 0 Å². The van der Waals surface area contributed by atoms with E-state index in [1.165, 1.54) is 0 Å². The van der Waals surface area contributed by atoms with Gasteiger partial charge < -0.3 is 5.32 Å². The third-order valence-electron chi connectivity index (χ3n) is 3.28. The summed E-state index contributed by atoms with van der Waals surface area (Å²) in [5.41, 5.74) is 1.87. The van der Waals surface area contributed by atoms with E-state index in [2.05, 4.69) is 26.1 Å². The first-order chi connectivity index (χ1) is 8.45. The van der Waals surface area contributed by atoms with Gasteiger partial charge in [-0.1, -0.05) is 32.9 Å². The van der Waals surface area contributed by atoms with Gasteiger partial charge in [0.2, 0.25) is 0 Å². The van der Waals surface area contributed by atoms with Crippen LogP contribution in [-0.2, 0) is 6.54 Å². The fraction of sp³-hybridized carbons (Fsp3) is 0.571. The molecule has 0 aliphatic carbocycles. The monoisotopic (exact) mass is 250 g/mol. The predicted octanol–water partition coefficient (Wildman–Crippen LogP) is 3.43. The zero-order valence-electron chi connectivity index (χ0n) is 11.6. The molecule has 100 valence electrons. The molecule has 4 heteroatoms. The minimum Gasteiger partial charge on any atom is -0.310 e. The van der Waals surface area contributed by atoms with Crippen molar-refractivity contribution in [2.24, 2.45) is 5.92 Å². The molecule has 0 saturated carbocycles. The number of benzene rings is 1. The van der Waals surface area contributed by atoms with Crippen molar-refractivity contribution in [2.45, 2.75) is 46.7 Å². The van der Waals surface area contributed by atoms with Crippen molar-refractivity contribution in [3.63, 3.8) is 0 Å². The fourth-order valence-electron chi connectivity index (χ4n) is 2.06. The number of nitro groups is 1. The third kappa shape index (κ3) is 3.81. The molecule has 0 heterocycles. The number of hydrogen-bond acceptors (Lipinski definition) is 3. The lowest BCUT2D eigenvalue weighted by Gasteiger charge is -2.20. The number of aryl methyl sites for hydroxylation is 1. The van der Waals surface area contributed by atoms with Crippen LogP contribution in [0.15, 0.2) is 18.2 Å². The van der Waals surface area contributed by atoms with Gasteiger partial charge in [-0.25, -0.2) is 0 Å².